The first kappa shape index (κ1) is 18.4. The van der Waals surface area contributed by atoms with Crippen LogP contribution < -0.4 is 5.32 Å². The Bertz CT molecular complexity index is 635. The molecular weight excluding hydrogens is 318 g/mol. The zero-order valence-electron chi connectivity index (χ0n) is 12.0. The van der Waals surface area contributed by atoms with Gasteiger partial charge in [0.25, 0.3) is 0 Å². The molecule has 0 atom stereocenters. The summed E-state index contributed by atoms with van der Waals surface area (Å²) in [5, 5.41) is 2.20. The number of hydrogen-bond donors (Lipinski definition) is 1. The van der Waals surface area contributed by atoms with E-state index in [1.54, 1.807) is 0 Å². The first-order valence-electron chi connectivity index (χ1n) is 6.41. The Morgan fingerprint density at radius 2 is 1.78 bits per heavy atom. The van der Waals surface area contributed by atoms with Crippen molar-refractivity contribution in [1.82, 2.24) is 5.32 Å². The van der Waals surface area contributed by atoms with Gasteiger partial charge in [0.2, 0.25) is 5.91 Å². The third kappa shape index (κ3) is 6.77. The van der Waals surface area contributed by atoms with Crippen LogP contribution in [-0.4, -0.2) is 18.5 Å². The van der Waals surface area contributed by atoms with Crippen LogP contribution in [0.4, 0.5) is 17.6 Å². The molecule has 124 valence electrons. The Hall–Kier alpha value is -2.64. The molecule has 0 saturated carbocycles. The minimum Gasteiger partial charge on any atom is -0.461 e. The van der Waals surface area contributed by atoms with E-state index in [1.807, 2.05) is 0 Å². The summed E-state index contributed by atoms with van der Waals surface area (Å²) in [7, 11) is 0. The lowest BCUT2D eigenvalue weighted by atomic mass is 10.2. The van der Waals surface area contributed by atoms with Gasteiger partial charge < -0.3 is 10.1 Å². The minimum absolute atomic E-state index is 0.283. The van der Waals surface area contributed by atoms with Crippen LogP contribution in [0.5, 0.6) is 0 Å². The molecule has 23 heavy (non-hydrogen) atoms. The predicted octanol–water partition coefficient (Wildman–Crippen LogP) is 3.31. The molecule has 0 fully saturated rings. The second-order valence-electron chi connectivity index (χ2n) is 4.34. The van der Waals surface area contributed by atoms with Crippen molar-refractivity contribution in [2.45, 2.75) is 13.3 Å². The highest BCUT2D eigenvalue weighted by Gasteiger charge is 2.14. The molecule has 0 aliphatic heterocycles. The third-order valence-electron chi connectivity index (χ3n) is 2.47. The highest BCUT2D eigenvalue weighted by Crippen LogP contribution is 2.13. The molecule has 0 aliphatic carbocycles. The van der Waals surface area contributed by atoms with Crippen molar-refractivity contribution in [3.63, 3.8) is 0 Å². The number of ether oxygens (including phenoxy) is 1. The van der Waals surface area contributed by atoms with Crippen molar-refractivity contribution in [1.29, 1.82) is 0 Å². The van der Waals surface area contributed by atoms with Crippen LogP contribution >= 0.6 is 0 Å². The normalized spacial score (nSPS) is 10.9. The molecule has 0 aromatic heterocycles. The zero-order chi connectivity index (χ0) is 17.4. The van der Waals surface area contributed by atoms with Gasteiger partial charge in [0.05, 0.1) is 6.61 Å². The molecule has 1 rings (SSSR count). The lowest BCUT2D eigenvalue weighted by molar-refractivity contribution is -0.140. The van der Waals surface area contributed by atoms with Crippen molar-refractivity contribution in [2.75, 3.05) is 6.61 Å². The quantitative estimate of drug-likeness (QED) is 0.494. The number of halogens is 4. The van der Waals surface area contributed by atoms with Gasteiger partial charge in [-0.3, -0.25) is 4.79 Å². The molecule has 0 heterocycles. The molecule has 1 amide bonds. The molecule has 0 radical (unpaired) electrons. The number of amides is 1. The van der Waals surface area contributed by atoms with E-state index in [4.69, 9.17) is 0 Å². The van der Waals surface area contributed by atoms with Gasteiger partial charge in [0.1, 0.15) is 11.5 Å². The fourth-order valence-electron chi connectivity index (χ4n) is 1.47. The second-order valence-corrected chi connectivity index (χ2v) is 4.34. The van der Waals surface area contributed by atoms with E-state index < -0.39 is 42.6 Å². The molecule has 0 unspecified atom stereocenters. The minimum atomic E-state index is -2.48. The Labute approximate surface area is 129 Å². The molecule has 0 bridgehead atoms. The average molecular weight is 331 g/mol. The van der Waals surface area contributed by atoms with Crippen molar-refractivity contribution < 1.29 is 31.9 Å². The first-order chi connectivity index (χ1) is 10.8. The third-order valence-corrected chi connectivity index (χ3v) is 2.47. The highest BCUT2D eigenvalue weighted by atomic mass is 19.3. The highest BCUT2D eigenvalue weighted by molar-refractivity contribution is 5.97. The number of esters is 1. The Morgan fingerprint density at radius 3 is 2.30 bits per heavy atom. The van der Waals surface area contributed by atoms with E-state index in [9.17, 15) is 27.2 Å². The molecule has 0 spiro atoms. The number of benzene rings is 1. The molecular formula is C15H13F4NO3. The van der Waals surface area contributed by atoms with Gasteiger partial charge in [-0.25, -0.2) is 13.6 Å². The standard InChI is InChI=1S/C15H13F4NO3/c1-9(21)20-13(8-10-2-4-11(16)5-3-10)15(22)23-7-6-12(17)14(18)19/h2-5,8H,6-7H2,1H3,(H,20,21). The van der Waals surface area contributed by atoms with Crippen LogP contribution in [0.1, 0.15) is 18.9 Å². The molecule has 1 N–H and O–H groups in total. The van der Waals surface area contributed by atoms with Gasteiger partial charge in [-0.1, -0.05) is 12.1 Å². The summed E-state index contributed by atoms with van der Waals surface area (Å²) < 4.78 is 53.8. The lowest BCUT2D eigenvalue weighted by Crippen LogP contribution is -2.26. The van der Waals surface area contributed by atoms with Gasteiger partial charge in [0, 0.05) is 13.3 Å². The number of nitrogens with one attached hydrogen (secondary N) is 1. The monoisotopic (exact) mass is 331 g/mol. The maximum absolute atomic E-state index is 12.8. The van der Waals surface area contributed by atoms with Gasteiger partial charge in [-0.2, -0.15) is 8.78 Å². The Balaban J connectivity index is 2.80. The van der Waals surface area contributed by atoms with Crippen LogP contribution in [0.3, 0.4) is 0 Å². The molecule has 1 aromatic rings. The van der Waals surface area contributed by atoms with Crippen LogP contribution in [0.15, 0.2) is 41.9 Å². The number of carbonyl (C=O) groups excluding carboxylic acids is 2. The van der Waals surface area contributed by atoms with Gasteiger partial charge >= 0.3 is 12.0 Å². The van der Waals surface area contributed by atoms with E-state index in [1.165, 1.54) is 18.2 Å². The maximum Gasteiger partial charge on any atom is 0.354 e. The van der Waals surface area contributed by atoms with Crippen molar-refractivity contribution in [3.05, 3.63) is 53.3 Å². The van der Waals surface area contributed by atoms with Crippen molar-refractivity contribution in [3.8, 4) is 0 Å². The SMILES string of the molecule is CC(=O)NC(=Cc1ccc(F)cc1)C(=O)OCCC(F)=C(F)F. The fourth-order valence-corrected chi connectivity index (χ4v) is 1.47. The first-order valence-corrected chi connectivity index (χ1v) is 6.41. The molecule has 0 saturated heterocycles. The van der Waals surface area contributed by atoms with Gasteiger partial charge in [0.15, 0.2) is 5.83 Å². The lowest BCUT2D eigenvalue weighted by Gasteiger charge is -2.08. The van der Waals surface area contributed by atoms with E-state index in [-0.39, 0.29) is 5.70 Å². The summed E-state index contributed by atoms with van der Waals surface area (Å²) in [5.74, 6) is -3.77. The van der Waals surface area contributed by atoms with Crippen LogP contribution in [0, 0.1) is 5.82 Å². The van der Waals surface area contributed by atoms with Crippen molar-refractivity contribution in [2.24, 2.45) is 0 Å². The number of hydrogen-bond acceptors (Lipinski definition) is 3. The number of rotatable bonds is 6. The molecule has 8 heteroatoms. The zero-order valence-corrected chi connectivity index (χ0v) is 12.0. The average Bonchev–Trinajstić information content (AvgIpc) is 2.48. The van der Waals surface area contributed by atoms with Gasteiger partial charge in [-0.15, -0.1) is 0 Å². The molecule has 0 aliphatic rings. The van der Waals surface area contributed by atoms with Crippen LogP contribution in [0.2, 0.25) is 0 Å². The smallest absolute Gasteiger partial charge is 0.354 e. The molecule has 4 nitrogen and oxygen atoms in total. The summed E-state index contributed by atoms with van der Waals surface area (Å²) in [6.07, 6.45) is -2.05. The summed E-state index contributed by atoms with van der Waals surface area (Å²) in [6.45, 7) is 0.523. The Morgan fingerprint density at radius 1 is 1.17 bits per heavy atom. The summed E-state index contributed by atoms with van der Waals surface area (Å²) >= 11 is 0. The van der Waals surface area contributed by atoms with E-state index in [0.29, 0.717) is 5.56 Å². The van der Waals surface area contributed by atoms with E-state index >= 15 is 0 Å². The largest absolute Gasteiger partial charge is 0.461 e. The molecule has 1 aromatic carbocycles. The van der Waals surface area contributed by atoms with Gasteiger partial charge in [-0.05, 0) is 23.8 Å². The fraction of sp³-hybridized carbons (Fsp3) is 0.200. The maximum atomic E-state index is 12.8. The number of carbonyl (C=O) groups is 2. The summed E-state index contributed by atoms with van der Waals surface area (Å²) in [6, 6.07) is 5.00. The summed E-state index contributed by atoms with van der Waals surface area (Å²) in [4.78, 5) is 22.9. The second kappa shape index (κ2) is 8.72. The Kier molecular flexibility index (Phi) is 6.98. The van der Waals surface area contributed by atoms with Crippen LogP contribution in [0.25, 0.3) is 6.08 Å². The van der Waals surface area contributed by atoms with Crippen LogP contribution in [-0.2, 0) is 14.3 Å². The van der Waals surface area contributed by atoms with E-state index in [0.717, 1.165) is 19.1 Å². The van der Waals surface area contributed by atoms with E-state index in [2.05, 4.69) is 10.1 Å². The predicted molar refractivity (Wildman–Crippen MR) is 74.1 cm³/mol. The van der Waals surface area contributed by atoms with Crippen molar-refractivity contribution >= 4 is 18.0 Å². The topological polar surface area (TPSA) is 55.4 Å². The summed E-state index contributed by atoms with van der Waals surface area (Å²) in [5.41, 5.74) is 0.113.